The van der Waals surface area contributed by atoms with Crippen molar-refractivity contribution in [1.29, 1.82) is 10.5 Å². The molecule has 0 aromatic heterocycles. The third kappa shape index (κ3) is 4.45. The number of nitriles is 2. The first-order valence-corrected chi connectivity index (χ1v) is 8.23. The number of halogens is 1. The van der Waals surface area contributed by atoms with Crippen molar-refractivity contribution in [3.8, 4) is 12.1 Å². The van der Waals surface area contributed by atoms with Crippen LogP contribution >= 0.6 is 11.6 Å². The minimum atomic E-state index is -0.140. The number of benzene rings is 1. The normalized spacial score (nSPS) is 22.0. The highest BCUT2D eigenvalue weighted by molar-refractivity contribution is 6.31. The number of hydrogen-bond donors (Lipinski definition) is 0. The summed E-state index contributed by atoms with van der Waals surface area (Å²) in [5.74, 6) is -0.140. The van der Waals surface area contributed by atoms with Gasteiger partial charge in [-0.25, -0.2) is 0 Å². The van der Waals surface area contributed by atoms with Crippen LogP contribution in [0.2, 0.25) is 5.02 Å². The molecule has 1 heterocycles. The van der Waals surface area contributed by atoms with Gasteiger partial charge in [0.05, 0.1) is 30.8 Å². The molecular formula is C18H22ClN3O. The summed E-state index contributed by atoms with van der Waals surface area (Å²) in [4.78, 5) is 2.29. The van der Waals surface area contributed by atoms with Crippen LogP contribution in [0, 0.1) is 28.6 Å². The maximum absolute atomic E-state index is 9.34. The second kappa shape index (κ2) is 7.79. The molecule has 1 aliphatic rings. The summed E-state index contributed by atoms with van der Waals surface area (Å²) in [6, 6.07) is 12.2. The third-order valence-corrected chi connectivity index (χ3v) is 4.70. The summed E-state index contributed by atoms with van der Waals surface area (Å²) in [7, 11) is 0. The minimum Gasteiger partial charge on any atom is -0.370 e. The second-order valence-corrected chi connectivity index (χ2v) is 6.97. The molecule has 1 aliphatic heterocycles. The van der Waals surface area contributed by atoms with E-state index in [1.165, 1.54) is 0 Å². The van der Waals surface area contributed by atoms with Crippen LogP contribution in [0.25, 0.3) is 0 Å². The summed E-state index contributed by atoms with van der Waals surface area (Å²) >= 11 is 6.29. The Morgan fingerprint density at radius 3 is 2.78 bits per heavy atom. The van der Waals surface area contributed by atoms with Crippen molar-refractivity contribution in [3.05, 3.63) is 34.9 Å². The fraction of sp³-hybridized carbons (Fsp3) is 0.556. The lowest BCUT2D eigenvalue weighted by molar-refractivity contribution is -0.103. The quantitative estimate of drug-likeness (QED) is 0.820. The van der Waals surface area contributed by atoms with E-state index in [1.807, 2.05) is 24.3 Å². The Balaban J connectivity index is 2.12. The van der Waals surface area contributed by atoms with Crippen molar-refractivity contribution >= 4 is 11.6 Å². The van der Waals surface area contributed by atoms with E-state index in [0.717, 1.165) is 5.56 Å². The lowest BCUT2D eigenvalue weighted by Gasteiger charge is -2.46. The molecule has 5 heteroatoms. The topological polar surface area (TPSA) is 60.0 Å². The molecule has 23 heavy (non-hydrogen) atoms. The maximum Gasteiger partial charge on any atom is 0.0967 e. The lowest BCUT2D eigenvalue weighted by atomic mass is 9.95. The monoisotopic (exact) mass is 331 g/mol. The zero-order valence-corrected chi connectivity index (χ0v) is 14.4. The average molecular weight is 332 g/mol. The first kappa shape index (κ1) is 17.8. The molecule has 2 rings (SSSR count). The molecule has 1 aromatic rings. The van der Waals surface area contributed by atoms with Crippen LogP contribution in [0.5, 0.6) is 0 Å². The van der Waals surface area contributed by atoms with Crippen molar-refractivity contribution in [2.24, 2.45) is 5.92 Å². The Labute approximate surface area is 143 Å². The van der Waals surface area contributed by atoms with Gasteiger partial charge in [0.25, 0.3) is 0 Å². The Morgan fingerprint density at radius 1 is 1.39 bits per heavy atom. The molecule has 2 atom stereocenters. The van der Waals surface area contributed by atoms with Crippen LogP contribution in [-0.4, -0.2) is 30.1 Å². The van der Waals surface area contributed by atoms with Crippen LogP contribution < -0.4 is 0 Å². The van der Waals surface area contributed by atoms with Gasteiger partial charge in [0.1, 0.15) is 0 Å². The molecule has 2 unspecified atom stereocenters. The lowest BCUT2D eigenvalue weighted by Crippen LogP contribution is -2.55. The van der Waals surface area contributed by atoms with Gasteiger partial charge in [-0.1, -0.05) is 29.8 Å². The first-order chi connectivity index (χ1) is 11.0. The zero-order valence-electron chi connectivity index (χ0n) is 13.6. The summed E-state index contributed by atoms with van der Waals surface area (Å²) in [6.07, 6.45) is 0.931. The molecule has 0 saturated carbocycles. The predicted octanol–water partition coefficient (Wildman–Crippen LogP) is 3.94. The van der Waals surface area contributed by atoms with Crippen molar-refractivity contribution in [2.45, 2.75) is 38.3 Å². The van der Waals surface area contributed by atoms with Crippen molar-refractivity contribution in [3.63, 3.8) is 0 Å². The van der Waals surface area contributed by atoms with Crippen LogP contribution in [0.4, 0.5) is 0 Å². The van der Waals surface area contributed by atoms with Crippen LogP contribution in [0.15, 0.2) is 24.3 Å². The molecule has 1 saturated heterocycles. The number of morpholine rings is 1. The van der Waals surface area contributed by atoms with E-state index >= 15 is 0 Å². The van der Waals surface area contributed by atoms with Gasteiger partial charge < -0.3 is 4.74 Å². The largest absolute Gasteiger partial charge is 0.370 e. The minimum absolute atomic E-state index is 0.0907. The van der Waals surface area contributed by atoms with E-state index in [1.54, 1.807) is 0 Å². The van der Waals surface area contributed by atoms with Gasteiger partial charge in [0, 0.05) is 35.6 Å². The maximum atomic E-state index is 9.34. The van der Waals surface area contributed by atoms with Crippen LogP contribution in [-0.2, 0) is 4.74 Å². The highest BCUT2D eigenvalue weighted by atomic mass is 35.5. The highest BCUT2D eigenvalue weighted by Crippen LogP contribution is 2.34. The molecule has 0 N–H and O–H groups in total. The van der Waals surface area contributed by atoms with Crippen molar-refractivity contribution < 1.29 is 4.74 Å². The Hall–Kier alpha value is -1.59. The fourth-order valence-corrected chi connectivity index (χ4v) is 3.10. The zero-order chi connectivity index (χ0) is 16.9. The smallest absolute Gasteiger partial charge is 0.0967 e. The summed E-state index contributed by atoms with van der Waals surface area (Å²) in [6.45, 7) is 6.17. The molecule has 0 spiro atoms. The summed E-state index contributed by atoms with van der Waals surface area (Å²) in [5, 5.41) is 18.8. The molecule has 0 bridgehead atoms. The Bertz CT molecular complexity index is 617. The van der Waals surface area contributed by atoms with Gasteiger partial charge in [-0.05, 0) is 26.3 Å². The number of hydrogen-bond acceptors (Lipinski definition) is 4. The molecular weight excluding hydrogens is 310 g/mol. The van der Waals surface area contributed by atoms with Crippen LogP contribution in [0.1, 0.15) is 38.4 Å². The molecule has 0 amide bonds. The number of nitrogens with zero attached hydrogens (tertiary/aromatic N) is 3. The predicted molar refractivity (Wildman–Crippen MR) is 89.7 cm³/mol. The Kier molecular flexibility index (Phi) is 6.02. The average Bonchev–Trinajstić information content (AvgIpc) is 2.53. The molecule has 1 fully saturated rings. The van der Waals surface area contributed by atoms with E-state index in [-0.39, 0.29) is 17.6 Å². The highest BCUT2D eigenvalue weighted by Gasteiger charge is 2.37. The molecule has 0 aliphatic carbocycles. The molecule has 4 nitrogen and oxygen atoms in total. The fourth-order valence-electron chi connectivity index (χ4n) is 2.84. The van der Waals surface area contributed by atoms with E-state index in [2.05, 4.69) is 30.9 Å². The third-order valence-electron chi connectivity index (χ3n) is 4.36. The van der Waals surface area contributed by atoms with E-state index in [9.17, 15) is 5.26 Å². The van der Waals surface area contributed by atoms with Gasteiger partial charge in [-0.2, -0.15) is 10.5 Å². The van der Waals surface area contributed by atoms with Crippen molar-refractivity contribution in [2.75, 3.05) is 19.7 Å². The van der Waals surface area contributed by atoms with Gasteiger partial charge in [-0.3, -0.25) is 4.90 Å². The molecule has 122 valence electrons. The van der Waals surface area contributed by atoms with Crippen molar-refractivity contribution in [1.82, 2.24) is 4.90 Å². The summed E-state index contributed by atoms with van der Waals surface area (Å²) < 4.78 is 6.03. The van der Waals surface area contributed by atoms with Crippen LogP contribution in [0.3, 0.4) is 0 Å². The van der Waals surface area contributed by atoms with Gasteiger partial charge in [-0.15, -0.1) is 0 Å². The first-order valence-electron chi connectivity index (χ1n) is 7.85. The second-order valence-electron chi connectivity index (χ2n) is 6.56. The van der Waals surface area contributed by atoms with E-state index in [0.29, 0.717) is 37.6 Å². The standard InChI is InChI=1S/C18H22ClN3O/c1-18(2)13-23-17(15-7-3-4-8-16(15)19)12-22(18)11-14(10-21)6-5-9-20/h3-4,7-8,14,17H,5-6,11-13H2,1-2H3. The number of rotatable bonds is 5. The van der Waals surface area contributed by atoms with Gasteiger partial charge >= 0.3 is 0 Å². The Morgan fingerprint density at radius 2 is 2.13 bits per heavy atom. The van der Waals surface area contributed by atoms with E-state index in [4.69, 9.17) is 21.6 Å². The SMILES string of the molecule is CC1(C)COC(c2ccccc2Cl)CN1CC(C#N)CCC#N. The summed E-state index contributed by atoms with van der Waals surface area (Å²) in [5.41, 5.74) is 0.847. The van der Waals surface area contributed by atoms with Gasteiger partial charge in [0.2, 0.25) is 0 Å². The molecule has 1 aromatic carbocycles. The molecule has 0 radical (unpaired) electrons. The van der Waals surface area contributed by atoms with Gasteiger partial charge in [0.15, 0.2) is 0 Å². The number of ether oxygens (including phenoxy) is 1. The van der Waals surface area contributed by atoms with E-state index < -0.39 is 0 Å².